The molecule has 0 spiro atoms. The van der Waals surface area contributed by atoms with Crippen molar-refractivity contribution in [3.63, 3.8) is 0 Å². The first-order chi connectivity index (χ1) is 9.81. The molecule has 0 aliphatic carbocycles. The van der Waals surface area contributed by atoms with Crippen molar-refractivity contribution in [2.45, 2.75) is 26.2 Å². The number of H-pyrrole nitrogens is 1. The predicted molar refractivity (Wildman–Crippen MR) is 85.0 cm³/mol. The highest BCUT2D eigenvalue weighted by Crippen LogP contribution is 2.15. The monoisotopic (exact) mass is 271 g/mol. The number of aliphatic imine (C=N–C) groups is 1. The lowest BCUT2D eigenvalue weighted by atomic mass is 10.2. The molecule has 5 nitrogen and oxygen atoms in total. The third-order valence-corrected chi connectivity index (χ3v) is 3.05. The molecule has 0 radical (unpaired) electrons. The van der Waals surface area contributed by atoms with Gasteiger partial charge in [-0.3, -0.25) is 4.99 Å². The number of para-hydroxylation sites is 1. The molecule has 2 rings (SSSR count). The predicted octanol–water partition coefficient (Wildman–Crippen LogP) is 2.60. The molecule has 1 aromatic carbocycles. The summed E-state index contributed by atoms with van der Waals surface area (Å²) in [5, 5.41) is 5.25. The van der Waals surface area contributed by atoms with Crippen LogP contribution in [0.3, 0.4) is 0 Å². The molecule has 20 heavy (non-hydrogen) atoms. The van der Waals surface area contributed by atoms with Gasteiger partial charge in [-0.25, -0.2) is 5.43 Å². The molecule has 4 N–H and O–H groups in total. The van der Waals surface area contributed by atoms with Gasteiger partial charge in [-0.05, 0) is 12.5 Å². The Bertz CT molecular complexity index is 597. The maximum Gasteiger partial charge on any atom is 0.209 e. The van der Waals surface area contributed by atoms with E-state index in [1.807, 2.05) is 24.4 Å². The number of rotatable bonds is 6. The number of fused-ring (bicyclic) bond motifs is 1. The first-order valence-corrected chi connectivity index (χ1v) is 6.96. The van der Waals surface area contributed by atoms with Crippen molar-refractivity contribution in [3.8, 4) is 0 Å². The number of unbranched alkanes of at least 4 members (excludes halogenated alkanes) is 2. The molecule has 0 unspecified atom stereocenters. The van der Waals surface area contributed by atoms with Crippen LogP contribution in [0, 0.1) is 0 Å². The van der Waals surface area contributed by atoms with Gasteiger partial charge < -0.3 is 10.7 Å². The Hall–Kier alpha value is -2.30. The zero-order valence-corrected chi connectivity index (χ0v) is 11.8. The van der Waals surface area contributed by atoms with Crippen LogP contribution in [0.2, 0.25) is 0 Å². The number of aromatic amines is 1. The Morgan fingerprint density at radius 1 is 1.35 bits per heavy atom. The molecule has 1 aromatic heterocycles. The quantitative estimate of drug-likeness (QED) is 0.327. The summed E-state index contributed by atoms with van der Waals surface area (Å²) in [6.45, 7) is 2.91. The molecule has 0 aliphatic rings. The van der Waals surface area contributed by atoms with Crippen LogP contribution >= 0.6 is 0 Å². The number of benzene rings is 1. The summed E-state index contributed by atoms with van der Waals surface area (Å²) in [6, 6.07) is 8.09. The number of nitrogens with zero attached hydrogens (tertiary/aromatic N) is 2. The molecule has 1 heterocycles. The van der Waals surface area contributed by atoms with Crippen molar-refractivity contribution < 1.29 is 0 Å². The van der Waals surface area contributed by atoms with E-state index in [9.17, 15) is 0 Å². The number of guanidine groups is 1. The second kappa shape index (κ2) is 7.33. The zero-order chi connectivity index (χ0) is 14.2. The summed E-state index contributed by atoms with van der Waals surface area (Å²) < 4.78 is 0. The molecule has 2 aromatic rings. The van der Waals surface area contributed by atoms with E-state index in [4.69, 9.17) is 5.73 Å². The lowest BCUT2D eigenvalue weighted by molar-refractivity contribution is 0.725. The van der Waals surface area contributed by atoms with E-state index in [1.54, 1.807) is 6.21 Å². The van der Waals surface area contributed by atoms with Crippen molar-refractivity contribution in [2.75, 3.05) is 6.54 Å². The van der Waals surface area contributed by atoms with Crippen molar-refractivity contribution in [1.82, 2.24) is 10.4 Å². The van der Waals surface area contributed by atoms with Crippen molar-refractivity contribution in [3.05, 3.63) is 36.0 Å². The van der Waals surface area contributed by atoms with Gasteiger partial charge in [0.1, 0.15) is 0 Å². The van der Waals surface area contributed by atoms with E-state index in [0.29, 0.717) is 5.96 Å². The fourth-order valence-electron chi connectivity index (χ4n) is 1.97. The average Bonchev–Trinajstić information content (AvgIpc) is 2.87. The molecule has 0 saturated heterocycles. The summed E-state index contributed by atoms with van der Waals surface area (Å²) in [4.78, 5) is 7.40. The van der Waals surface area contributed by atoms with E-state index in [0.717, 1.165) is 29.4 Å². The second-order valence-corrected chi connectivity index (χ2v) is 4.63. The van der Waals surface area contributed by atoms with Crippen LogP contribution in [0.15, 0.2) is 40.6 Å². The molecular weight excluding hydrogens is 250 g/mol. The molecule has 0 aliphatic heterocycles. The number of nitrogens with two attached hydrogens (primary N) is 1. The standard InChI is InChI=1S/C15H21N5/c1-2-3-6-9-17-15(16)20-19-11-12-10-18-14-8-5-4-7-13(12)14/h4-5,7-8,10-11,18H,2-3,6,9H2,1H3,(H3,16,17,20)/b19-11+. The zero-order valence-electron chi connectivity index (χ0n) is 11.8. The third-order valence-electron chi connectivity index (χ3n) is 3.05. The van der Waals surface area contributed by atoms with Gasteiger partial charge in [0.25, 0.3) is 0 Å². The molecule has 0 atom stereocenters. The lowest BCUT2D eigenvalue weighted by Crippen LogP contribution is -2.27. The van der Waals surface area contributed by atoms with E-state index < -0.39 is 0 Å². The number of hydrogen-bond donors (Lipinski definition) is 3. The summed E-state index contributed by atoms with van der Waals surface area (Å²) in [5.41, 5.74) is 10.6. The highest BCUT2D eigenvalue weighted by molar-refractivity contribution is 5.99. The summed E-state index contributed by atoms with van der Waals surface area (Å²) in [7, 11) is 0. The number of nitrogens with one attached hydrogen (secondary N) is 2. The van der Waals surface area contributed by atoms with Gasteiger partial charge in [0.15, 0.2) is 0 Å². The lowest BCUT2D eigenvalue weighted by Gasteiger charge is -1.99. The highest BCUT2D eigenvalue weighted by atomic mass is 15.3. The Morgan fingerprint density at radius 2 is 2.20 bits per heavy atom. The fraction of sp³-hybridized carbons (Fsp3) is 0.333. The van der Waals surface area contributed by atoms with E-state index >= 15 is 0 Å². The number of hydrazone groups is 1. The second-order valence-electron chi connectivity index (χ2n) is 4.63. The Labute approximate surface area is 119 Å². The van der Waals surface area contributed by atoms with Gasteiger partial charge in [-0.15, -0.1) is 0 Å². The van der Waals surface area contributed by atoms with Crippen LogP contribution in [-0.2, 0) is 0 Å². The minimum Gasteiger partial charge on any atom is -0.369 e. The maximum atomic E-state index is 5.73. The number of aromatic nitrogens is 1. The molecule has 106 valence electrons. The minimum absolute atomic E-state index is 0.359. The summed E-state index contributed by atoms with van der Waals surface area (Å²) in [5.74, 6) is 0.359. The Balaban J connectivity index is 1.90. The van der Waals surface area contributed by atoms with Crippen LogP contribution < -0.4 is 11.2 Å². The molecule has 0 bridgehead atoms. The summed E-state index contributed by atoms with van der Waals surface area (Å²) >= 11 is 0. The van der Waals surface area contributed by atoms with Crippen LogP contribution in [0.4, 0.5) is 0 Å². The van der Waals surface area contributed by atoms with Crippen LogP contribution in [0.25, 0.3) is 10.9 Å². The van der Waals surface area contributed by atoms with E-state index in [1.165, 1.54) is 12.8 Å². The first-order valence-electron chi connectivity index (χ1n) is 6.96. The highest BCUT2D eigenvalue weighted by Gasteiger charge is 1.99. The van der Waals surface area contributed by atoms with Crippen LogP contribution in [0.1, 0.15) is 31.7 Å². The molecule has 0 amide bonds. The molecule has 5 heteroatoms. The smallest absolute Gasteiger partial charge is 0.209 e. The topological polar surface area (TPSA) is 78.6 Å². The van der Waals surface area contributed by atoms with Crippen molar-refractivity contribution in [2.24, 2.45) is 15.8 Å². The Kier molecular flexibility index (Phi) is 5.17. The first kappa shape index (κ1) is 14.1. The maximum absolute atomic E-state index is 5.73. The Morgan fingerprint density at radius 3 is 3.05 bits per heavy atom. The van der Waals surface area contributed by atoms with Crippen LogP contribution in [0.5, 0.6) is 0 Å². The SMILES string of the molecule is CCCCCN=C(N)N/N=C/c1c[nH]c2ccccc12. The molecular formula is C15H21N5. The largest absolute Gasteiger partial charge is 0.369 e. The third kappa shape index (κ3) is 3.85. The number of hydrogen-bond acceptors (Lipinski definition) is 2. The van der Waals surface area contributed by atoms with Crippen molar-refractivity contribution >= 4 is 23.1 Å². The van der Waals surface area contributed by atoms with Gasteiger partial charge in [0.2, 0.25) is 5.96 Å². The van der Waals surface area contributed by atoms with Gasteiger partial charge in [-0.2, -0.15) is 5.10 Å². The normalized spacial score (nSPS) is 12.3. The van der Waals surface area contributed by atoms with Gasteiger partial charge in [0.05, 0.1) is 6.21 Å². The van der Waals surface area contributed by atoms with E-state index in [2.05, 4.69) is 33.5 Å². The minimum atomic E-state index is 0.359. The average molecular weight is 271 g/mol. The van der Waals surface area contributed by atoms with Gasteiger partial charge >= 0.3 is 0 Å². The fourth-order valence-corrected chi connectivity index (χ4v) is 1.97. The van der Waals surface area contributed by atoms with E-state index in [-0.39, 0.29) is 0 Å². The van der Waals surface area contributed by atoms with Gasteiger partial charge in [0, 0.05) is 29.2 Å². The van der Waals surface area contributed by atoms with Crippen molar-refractivity contribution in [1.29, 1.82) is 0 Å². The van der Waals surface area contributed by atoms with Gasteiger partial charge in [-0.1, -0.05) is 38.0 Å². The summed E-state index contributed by atoms with van der Waals surface area (Å²) in [6.07, 6.45) is 7.08. The molecule has 0 fully saturated rings. The molecule has 0 saturated carbocycles. The van der Waals surface area contributed by atoms with Crippen LogP contribution in [-0.4, -0.2) is 23.7 Å².